The number of alkyl halides is 3. The van der Waals surface area contributed by atoms with Crippen molar-refractivity contribution in [1.82, 2.24) is 0 Å². The summed E-state index contributed by atoms with van der Waals surface area (Å²) < 4.78 is 23.5. The molecule has 0 amide bonds. The van der Waals surface area contributed by atoms with Gasteiger partial charge in [-0.05, 0) is 36.8 Å². The molecule has 0 radical (unpaired) electrons. The van der Waals surface area contributed by atoms with E-state index >= 15 is 0 Å². The minimum Gasteiger partial charge on any atom is -0.188 e. The Balaban J connectivity index is 4.03. The maximum Gasteiger partial charge on any atom is 0.333 e. The number of rotatable bonds is 1. The Morgan fingerprint density at radius 3 is 1.88 bits per heavy atom. The fourth-order valence-corrected chi connectivity index (χ4v) is 0.771. The lowest BCUT2D eigenvalue weighted by atomic mass is 10.7. The standard InChI is InChI=1S/C3HBr3F2/c4-1-2(5)3(6,7)8/h1H. The van der Waals surface area contributed by atoms with Crippen molar-refractivity contribution >= 4 is 47.8 Å². The molecular formula is C3HBr3F2. The van der Waals surface area contributed by atoms with Gasteiger partial charge in [-0.3, -0.25) is 0 Å². The van der Waals surface area contributed by atoms with E-state index in [1.54, 1.807) is 0 Å². The number of hydrogen-bond donors (Lipinski definition) is 0. The zero-order valence-electron chi connectivity index (χ0n) is 3.47. The Morgan fingerprint density at radius 2 is 1.88 bits per heavy atom. The number of hydrogen-bond acceptors (Lipinski definition) is 0. The van der Waals surface area contributed by atoms with Gasteiger partial charge in [0.25, 0.3) is 0 Å². The SMILES string of the molecule is FC(F)(Br)C(Br)=CBr. The van der Waals surface area contributed by atoms with E-state index in [2.05, 4.69) is 47.8 Å². The van der Waals surface area contributed by atoms with E-state index in [1.807, 2.05) is 0 Å². The van der Waals surface area contributed by atoms with Crippen molar-refractivity contribution in [2.45, 2.75) is 4.83 Å². The summed E-state index contributed by atoms with van der Waals surface area (Å²) in [4.78, 5) is -1.85. The molecule has 0 aliphatic carbocycles. The first-order chi connectivity index (χ1) is 3.48. The van der Waals surface area contributed by atoms with Crippen LogP contribution in [0.25, 0.3) is 0 Å². The normalized spacial score (nSPS) is 14.4. The summed E-state index contributed by atoms with van der Waals surface area (Å²) in [6.45, 7) is 0. The highest BCUT2D eigenvalue weighted by Crippen LogP contribution is 2.35. The van der Waals surface area contributed by atoms with Crippen LogP contribution in [0.5, 0.6) is 0 Å². The summed E-state index contributed by atoms with van der Waals surface area (Å²) in [7, 11) is 0. The zero-order chi connectivity index (χ0) is 6.78. The van der Waals surface area contributed by atoms with Crippen LogP contribution in [0, 0.1) is 0 Å². The highest BCUT2D eigenvalue weighted by molar-refractivity contribution is 9.15. The van der Waals surface area contributed by atoms with E-state index < -0.39 is 4.83 Å². The molecule has 0 saturated carbocycles. The quantitative estimate of drug-likeness (QED) is 0.649. The molecule has 0 aromatic heterocycles. The van der Waals surface area contributed by atoms with Crippen LogP contribution in [-0.4, -0.2) is 4.83 Å². The Kier molecular flexibility index (Phi) is 3.69. The van der Waals surface area contributed by atoms with Crippen molar-refractivity contribution in [3.05, 3.63) is 9.47 Å². The Labute approximate surface area is 70.7 Å². The van der Waals surface area contributed by atoms with Gasteiger partial charge in [-0.15, -0.1) is 0 Å². The van der Waals surface area contributed by atoms with E-state index in [9.17, 15) is 8.78 Å². The van der Waals surface area contributed by atoms with Crippen molar-refractivity contribution in [3.63, 3.8) is 0 Å². The highest BCUT2D eigenvalue weighted by Gasteiger charge is 2.27. The second-order valence-corrected chi connectivity index (χ2v) is 3.26. The average Bonchev–Trinajstić information content (AvgIpc) is 1.62. The second kappa shape index (κ2) is 3.27. The number of allylic oxidation sites excluding steroid dienone is 1. The van der Waals surface area contributed by atoms with Gasteiger partial charge < -0.3 is 0 Å². The van der Waals surface area contributed by atoms with Crippen LogP contribution in [0.1, 0.15) is 0 Å². The van der Waals surface area contributed by atoms with Crippen LogP contribution < -0.4 is 0 Å². The molecule has 0 fully saturated rings. The summed E-state index contributed by atoms with van der Waals surface area (Å²) in [5.41, 5.74) is 0. The minimum absolute atomic E-state index is 0.231. The van der Waals surface area contributed by atoms with Gasteiger partial charge in [0.05, 0.1) is 4.48 Å². The van der Waals surface area contributed by atoms with Gasteiger partial charge in [-0.25, -0.2) is 0 Å². The molecule has 0 aromatic rings. The molecule has 0 unspecified atom stereocenters. The first-order valence-electron chi connectivity index (χ1n) is 1.51. The third kappa shape index (κ3) is 3.14. The lowest BCUT2D eigenvalue weighted by Gasteiger charge is -2.03. The van der Waals surface area contributed by atoms with E-state index in [1.165, 1.54) is 0 Å². The molecule has 0 aliphatic rings. The maximum absolute atomic E-state index is 11.9. The van der Waals surface area contributed by atoms with Crippen LogP contribution >= 0.6 is 47.8 Å². The third-order valence-electron chi connectivity index (χ3n) is 0.367. The first kappa shape index (κ1) is 9.04. The lowest BCUT2D eigenvalue weighted by Crippen LogP contribution is -2.02. The van der Waals surface area contributed by atoms with Crippen LogP contribution in [-0.2, 0) is 0 Å². The molecule has 0 aromatic carbocycles. The largest absolute Gasteiger partial charge is 0.333 e. The van der Waals surface area contributed by atoms with Crippen molar-refractivity contribution in [1.29, 1.82) is 0 Å². The molecule has 8 heavy (non-hydrogen) atoms. The summed E-state index contributed by atoms with van der Waals surface area (Å²) >= 11 is 7.47. The van der Waals surface area contributed by atoms with Crippen LogP contribution in [0.2, 0.25) is 0 Å². The average molecular weight is 315 g/mol. The molecule has 0 spiro atoms. The molecule has 0 rings (SSSR count). The maximum atomic E-state index is 11.9. The molecule has 5 heteroatoms. The molecule has 0 N–H and O–H groups in total. The van der Waals surface area contributed by atoms with Gasteiger partial charge in [0.2, 0.25) is 0 Å². The molecule has 0 bridgehead atoms. The number of halogens is 5. The molecule has 0 saturated heterocycles. The topological polar surface area (TPSA) is 0 Å². The van der Waals surface area contributed by atoms with Crippen LogP contribution in [0.4, 0.5) is 8.78 Å². The predicted molar refractivity (Wildman–Crippen MR) is 39.8 cm³/mol. The predicted octanol–water partition coefficient (Wildman–Crippen LogP) is 3.61. The van der Waals surface area contributed by atoms with Crippen molar-refractivity contribution in [3.8, 4) is 0 Å². The Hall–Kier alpha value is 1.04. The smallest absolute Gasteiger partial charge is 0.188 e. The molecular weight excluding hydrogens is 314 g/mol. The van der Waals surface area contributed by atoms with Crippen molar-refractivity contribution in [2.75, 3.05) is 0 Å². The Bertz CT molecular complexity index is 104. The van der Waals surface area contributed by atoms with Gasteiger partial charge in [0.1, 0.15) is 0 Å². The van der Waals surface area contributed by atoms with Gasteiger partial charge in [-0.1, -0.05) is 15.9 Å². The summed E-state index contributed by atoms with van der Waals surface area (Å²) in [5.74, 6) is 0. The summed E-state index contributed by atoms with van der Waals surface area (Å²) in [5, 5.41) is 0. The summed E-state index contributed by atoms with van der Waals surface area (Å²) in [6.07, 6.45) is 0. The zero-order valence-corrected chi connectivity index (χ0v) is 8.23. The molecule has 48 valence electrons. The van der Waals surface area contributed by atoms with E-state index in [-0.39, 0.29) is 4.48 Å². The van der Waals surface area contributed by atoms with Gasteiger partial charge in [-0.2, -0.15) is 8.78 Å². The summed E-state index contributed by atoms with van der Waals surface area (Å²) in [6, 6.07) is 0. The third-order valence-corrected chi connectivity index (χ3v) is 3.12. The minimum atomic E-state index is -2.95. The van der Waals surface area contributed by atoms with Gasteiger partial charge in [0.15, 0.2) is 0 Å². The lowest BCUT2D eigenvalue weighted by molar-refractivity contribution is 0.168. The van der Waals surface area contributed by atoms with Crippen LogP contribution in [0.3, 0.4) is 0 Å². The molecule has 0 aliphatic heterocycles. The molecule has 0 nitrogen and oxygen atoms in total. The first-order valence-corrected chi connectivity index (χ1v) is 4.01. The van der Waals surface area contributed by atoms with Crippen molar-refractivity contribution in [2.24, 2.45) is 0 Å². The van der Waals surface area contributed by atoms with Gasteiger partial charge in [0, 0.05) is 0 Å². The van der Waals surface area contributed by atoms with Gasteiger partial charge >= 0.3 is 4.83 Å². The fourth-order valence-electron chi connectivity index (χ4n) is 0.0619. The van der Waals surface area contributed by atoms with E-state index in [0.29, 0.717) is 0 Å². The van der Waals surface area contributed by atoms with E-state index in [0.717, 1.165) is 4.99 Å². The molecule has 0 heterocycles. The fraction of sp³-hybridized carbons (Fsp3) is 0.333. The monoisotopic (exact) mass is 312 g/mol. The van der Waals surface area contributed by atoms with E-state index in [4.69, 9.17) is 0 Å². The van der Waals surface area contributed by atoms with Crippen molar-refractivity contribution < 1.29 is 8.78 Å². The van der Waals surface area contributed by atoms with Crippen LogP contribution in [0.15, 0.2) is 9.47 Å². The molecule has 0 atom stereocenters. The second-order valence-electron chi connectivity index (χ2n) is 0.955. The Morgan fingerprint density at radius 1 is 1.50 bits per heavy atom. The highest BCUT2D eigenvalue weighted by atomic mass is 79.9.